The third-order valence-corrected chi connectivity index (χ3v) is 4.31. The first-order valence-corrected chi connectivity index (χ1v) is 8.14. The van der Waals surface area contributed by atoms with Crippen molar-refractivity contribution in [2.24, 2.45) is 0 Å². The smallest absolute Gasteiger partial charge is 0.273 e. The van der Waals surface area contributed by atoms with E-state index in [1.807, 2.05) is 36.5 Å². The molecule has 1 atom stereocenters. The Kier molecular flexibility index (Phi) is 3.99. The van der Waals surface area contributed by atoms with Gasteiger partial charge in [-0.2, -0.15) is 0 Å². The van der Waals surface area contributed by atoms with Crippen LogP contribution in [0.1, 0.15) is 17.4 Å². The number of hydrogen-bond donors (Lipinski definition) is 2. The van der Waals surface area contributed by atoms with E-state index in [0.29, 0.717) is 27.2 Å². The zero-order valence-corrected chi connectivity index (χ0v) is 13.9. The minimum absolute atomic E-state index is 0.0739. The number of fused-ring (bicyclic) bond motifs is 1. The fourth-order valence-corrected chi connectivity index (χ4v) is 3.09. The molecule has 0 bridgehead atoms. The van der Waals surface area contributed by atoms with Crippen LogP contribution in [0.2, 0.25) is 5.02 Å². The van der Waals surface area contributed by atoms with Crippen LogP contribution in [-0.2, 0) is 0 Å². The van der Waals surface area contributed by atoms with Crippen molar-refractivity contribution in [3.8, 4) is 5.75 Å². The number of nitrogens with one attached hydrogen (secondary N) is 2. The van der Waals surface area contributed by atoms with E-state index >= 15 is 0 Å². The summed E-state index contributed by atoms with van der Waals surface area (Å²) in [5.41, 5.74) is 1.05. The van der Waals surface area contributed by atoms with E-state index in [1.54, 1.807) is 30.7 Å². The molecule has 0 aliphatic heterocycles. The van der Waals surface area contributed by atoms with Crippen molar-refractivity contribution in [3.05, 3.63) is 83.5 Å². The molecule has 0 amide bonds. The lowest BCUT2D eigenvalue weighted by atomic mass is 10.0. The van der Waals surface area contributed by atoms with Gasteiger partial charge in [0.1, 0.15) is 11.3 Å². The second kappa shape index (κ2) is 6.45. The monoisotopic (exact) mass is 352 g/mol. The maximum Gasteiger partial charge on any atom is 0.273 e. The minimum Gasteiger partial charge on any atom is -0.505 e. The quantitative estimate of drug-likeness (QED) is 0.577. The van der Waals surface area contributed by atoms with Gasteiger partial charge in [-0.1, -0.05) is 17.7 Å². The number of phenolic OH excluding ortho intramolecular Hbond substituents is 1. The van der Waals surface area contributed by atoms with Crippen LogP contribution in [0.15, 0.2) is 71.6 Å². The number of aromatic nitrogens is 2. The second-order valence-electron chi connectivity index (χ2n) is 5.56. The zero-order chi connectivity index (χ0) is 17.2. The Bertz CT molecular complexity index is 1000. The lowest BCUT2D eigenvalue weighted by Gasteiger charge is -2.16. The van der Waals surface area contributed by atoms with Crippen LogP contribution in [0.5, 0.6) is 5.75 Å². The van der Waals surface area contributed by atoms with Gasteiger partial charge in [-0.15, -0.1) is 0 Å². The van der Waals surface area contributed by atoms with E-state index in [1.165, 1.54) is 0 Å². The molecule has 0 aliphatic rings. The van der Waals surface area contributed by atoms with Gasteiger partial charge in [0.2, 0.25) is 0 Å². The predicted octanol–water partition coefficient (Wildman–Crippen LogP) is 4.20. The van der Waals surface area contributed by atoms with Gasteiger partial charge < -0.3 is 9.52 Å². The van der Waals surface area contributed by atoms with Crippen LogP contribution in [0.25, 0.3) is 10.9 Å². The van der Waals surface area contributed by atoms with Crippen molar-refractivity contribution >= 4 is 28.3 Å². The number of aromatic amines is 1. The summed E-state index contributed by atoms with van der Waals surface area (Å²) in [6.07, 6.45) is 5.04. The highest BCUT2D eigenvalue weighted by atomic mass is 35.5. The number of nitrogens with zero attached hydrogens (tertiary/aromatic N) is 1. The Morgan fingerprint density at radius 2 is 2.08 bits per heavy atom. The SMILES string of the molecule is Oc1c([C@H](Nc2cccc[nH+]2)c2ccco2)cc(Cl)c2cccnc12. The number of H-pyrrole nitrogens is 1. The maximum absolute atomic E-state index is 10.8. The largest absolute Gasteiger partial charge is 0.505 e. The highest BCUT2D eigenvalue weighted by Gasteiger charge is 2.27. The number of halogens is 1. The van der Waals surface area contributed by atoms with E-state index in [-0.39, 0.29) is 5.75 Å². The molecule has 0 fully saturated rings. The Morgan fingerprint density at radius 3 is 2.84 bits per heavy atom. The van der Waals surface area contributed by atoms with Crippen molar-refractivity contribution in [2.45, 2.75) is 6.04 Å². The van der Waals surface area contributed by atoms with Crippen molar-refractivity contribution in [3.63, 3.8) is 0 Å². The minimum atomic E-state index is -0.433. The summed E-state index contributed by atoms with van der Waals surface area (Å²) in [4.78, 5) is 7.39. The summed E-state index contributed by atoms with van der Waals surface area (Å²) < 4.78 is 5.58. The van der Waals surface area contributed by atoms with Crippen LogP contribution in [-0.4, -0.2) is 10.1 Å². The molecule has 0 aliphatic carbocycles. The van der Waals surface area contributed by atoms with Crippen LogP contribution in [0.4, 0.5) is 5.82 Å². The molecular formula is C19H15ClN3O2+. The number of phenols is 1. The first-order valence-electron chi connectivity index (χ1n) is 7.77. The van der Waals surface area contributed by atoms with Crippen molar-refractivity contribution in [1.82, 2.24) is 4.98 Å². The average Bonchev–Trinajstić information content (AvgIpc) is 3.18. The molecule has 25 heavy (non-hydrogen) atoms. The summed E-state index contributed by atoms with van der Waals surface area (Å²) in [7, 11) is 0. The molecule has 0 saturated carbocycles. The molecule has 5 nitrogen and oxygen atoms in total. The van der Waals surface area contributed by atoms with Crippen molar-refractivity contribution in [1.29, 1.82) is 0 Å². The summed E-state index contributed by atoms with van der Waals surface area (Å²) in [5, 5.41) is 15.4. The Balaban J connectivity index is 1.88. The van der Waals surface area contributed by atoms with Gasteiger partial charge in [0.05, 0.1) is 17.5 Å². The van der Waals surface area contributed by atoms with Gasteiger partial charge in [-0.05, 0) is 36.4 Å². The summed E-state index contributed by atoms with van der Waals surface area (Å²) in [6.45, 7) is 0. The van der Waals surface area contributed by atoms with E-state index in [0.717, 1.165) is 5.82 Å². The van der Waals surface area contributed by atoms with Crippen LogP contribution < -0.4 is 10.3 Å². The predicted molar refractivity (Wildman–Crippen MR) is 95.6 cm³/mol. The molecular weight excluding hydrogens is 338 g/mol. The second-order valence-corrected chi connectivity index (χ2v) is 5.97. The van der Waals surface area contributed by atoms with Crippen molar-refractivity contribution in [2.75, 3.05) is 5.32 Å². The molecule has 0 radical (unpaired) electrons. The van der Waals surface area contributed by atoms with Gasteiger partial charge in [0, 0.05) is 23.2 Å². The number of aromatic hydroxyl groups is 1. The molecule has 0 unspecified atom stereocenters. The third kappa shape index (κ3) is 2.90. The Hall–Kier alpha value is -3.05. The Labute approximate surface area is 148 Å². The number of pyridine rings is 2. The van der Waals surface area contributed by atoms with Gasteiger partial charge in [0.15, 0.2) is 11.8 Å². The molecule has 3 heterocycles. The van der Waals surface area contributed by atoms with Crippen LogP contribution >= 0.6 is 11.6 Å². The normalized spacial score (nSPS) is 12.2. The van der Waals surface area contributed by atoms with E-state index in [9.17, 15) is 5.11 Å². The highest BCUT2D eigenvalue weighted by molar-refractivity contribution is 6.35. The van der Waals surface area contributed by atoms with Crippen LogP contribution in [0, 0.1) is 0 Å². The average molecular weight is 353 g/mol. The first-order chi connectivity index (χ1) is 12.2. The topological polar surface area (TPSA) is 72.4 Å². The van der Waals surface area contributed by atoms with Gasteiger partial charge in [0.25, 0.3) is 5.82 Å². The summed E-state index contributed by atoms with van der Waals surface area (Å²) >= 11 is 6.43. The van der Waals surface area contributed by atoms with Gasteiger partial charge >= 0.3 is 0 Å². The number of benzene rings is 1. The zero-order valence-electron chi connectivity index (χ0n) is 13.1. The summed E-state index contributed by atoms with van der Waals surface area (Å²) in [6, 6.07) is 14.3. The summed E-state index contributed by atoms with van der Waals surface area (Å²) in [5.74, 6) is 1.50. The van der Waals surface area contributed by atoms with Gasteiger partial charge in [-0.25, -0.2) is 4.98 Å². The highest BCUT2D eigenvalue weighted by Crippen LogP contribution is 2.39. The van der Waals surface area contributed by atoms with Gasteiger partial charge in [-0.3, -0.25) is 10.3 Å². The maximum atomic E-state index is 10.8. The van der Waals surface area contributed by atoms with Crippen LogP contribution in [0.3, 0.4) is 0 Å². The molecule has 6 heteroatoms. The Morgan fingerprint density at radius 1 is 1.16 bits per heavy atom. The molecule has 4 aromatic rings. The van der Waals surface area contributed by atoms with E-state index in [4.69, 9.17) is 16.0 Å². The molecule has 4 rings (SSSR count). The number of furan rings is 1. The third-order valence-electron chi connectivity index (χ3n) is 3.99. The fraction of sp³-hybridized carbons (Fsp3) is 0.0526. The standard InChI is InChI=1S/C19H14ClN3O2/c20-14-11-13(19(24)18-12(14)5-3-9-22-18)17(15-6-4-10-25-15)23-16-7-1-2-8-21-16/h1-11,17,24H,(H,21,23)/p+1/t17-/m0/s1. The molecule has 1 aromatic carbocycles. The lowest BCUT2D eigenvalue weighted by Crippen LogP contribution is -2.18. The number of rotatable bonds is 4. The molecule has 3 N–H and O–H groups in total. The number of hydrogen-bond acceptors (Lipinski definition) is 4. The fourth-order valence-electron chi connectivity index (χ4n) is 2.82. The lowest BCUT2D eigenvalue weighted by molar-refractivity contribution is -0.361. The van der Waals surface area contributed by atoms with E-state index < -0.39 is 6.04 Å². The first kappa shape index (κ1) is 15.5. The van der Waals surface area contributed by atoms with E-state index in [2.05, 4.69) is 15.3 Å². The number of anilines is 1. The molecule has 3 aromatic heterocycles. The van der Waals surface area contributed by atoms with Crippen molar-refractivity contribution < 1.29 is 14.5 Å². The molecule has 124 valence electrons. The molecule has 0 saturated heterocycles. The molecule has 0 spiro atoms.